The monoisotopic (exact) mass is 430 g/mol. The maximum absolute atomic E-state index is 10.7. The van der Waals surface area contributed by atoms with Gasteiger partial charge >= 0.3 is 0 Å². The molecule has 0 radical (unpaired) electrons. The summed E-state index contributed by atoms with van der Waals surface area (Å²) in [6.07, 6.45) is 3.74. The summed E-state index contributed by atoms with van der Waals surface area (Å²) in [6, 6.07) is 6.22. The Morgan fingerprint density at radius 2 is 1.84 bits per heavy atom. The molecule has 1 aromatic carbocycles. The minimum atomic E-state index is -0.418. The SMILES string of the molecule is CC1(C)[C@H]2CC[C@](C)(C2)[C@@H]1OC[C@@H](O)CN1CCN(Cc2ccc3c(c2)OCO3)CC1. The normalized spacial score (nSPS) is 33.2. The first-order valence-electron chi connectivity index (χ1n) is 12.0. The molecular weight excluding hydrogens is 392 g/mol. The zero-order chi connectivity index (χ0) is 21.6. The van der Waals surface area contributed by atoms with Crippen molar-refractivity contribution in [3.8, 4) is 11.5 Å². The van der Waals surface area contributed by atoms with E-state index >= 15 is 0 Å². The van der Waals surface area contributed by atoms with E-state index in [4.69, 9.17) is 14.2 Å². The second-order valence-corrected chi connectivity index (χ2v) is 11.0. The van der Waals surface area contributed by atoms with Gasteiger partial charge in [-0.05, 0) is 53.7 Å². The Labute approximate surface area is 186 Å². The van der Waals surface area contributed by atoms with Crippen LogP contribution >= 0.6 is 0 Å². The van der Waals surface area contributed by atoms with Gasteiger partial charge in [0.1, 0.15) is 0 Å². The van der Waals surface area contributed by atoms with Gasteiger partial charge < -0.3 is 19.3 Å². The smallest absolute Gasteiger partial charge is 0.231 e. The molecular formula is C25H38N2O4. The molecule has 2 saturated carbocycles. The third kappa shape index (κ3) is 4.20. The number of aliphatic hydroxyl groups excluding tert-OH is 1. The Hall–Kier alpha value is -1.34. The summed E-state index contributed by atoms with van der Waals surface area (Å²) in [4.78, 5) is 4.84. The Bertz CT molecular complexity index is 787. The Morgan fingerprint density at radius 3 is 2.58 bits per heavy atom. The molecule has 172 valence electrons. The van der Waals surface area contributed by atoms with E-state index in [1.807, 2.05) is 6.07 Å². The van der Waals surface area contributed by atoms with Crippen molar-refractivity contribution in [1.82, 2.24) is 9.80 Å². The molecule has 6 nitrogen and oxygen atoms in total. The van der Waals surface area contributed by atoms with Crippen LogP contribution in [0, 0.1) is 16.7 Å². The maximum Gasteiger partial charge on any atom is 0.231 e. The highest BCUT2D eigenvalue weighted by atomic mass is 16.7. The average molecular weight is 431 g/mol. The van der Waals surface area contributed by atoms with E-state index in [1.165, 1.54) is 24.8 Å². The van der Waals surface area contributed by atoms with Gasteiger partial charge in [0.05, 0.1) is 18.8 Å². The molecule has 1 aromatic rings. The molecule has 4 atom stereocenters. The zero-order valence-electron chi connectivity index (χ0n) is 19.3. The summed E-state index contributed by atoms with van der Waals surface area (Å²) in [6.45, 7) is 13.5. The first-order chi connectivity index (χ1) is 14.8. The highest BCUT2D eigenvalue weighted by Crippen LogP contribution is 2.63. The van der Waals surface area contributed by atoms with Gasteiger partial charge in [-0.2, -0.15) is 0 Å². The van der Waals surface area contributed by atoms with Crippen molar-refractivity contribution in [3.05, 3.63) is 23.8 Å². The number of hydrogen-bond acceptors (Lipinski definition) is 6. The lowest BCUT2D eigenvalue weighted by Crippen LogP contribution is -2.49. The molecule has 2 aliphatic heterocycles. The molecule has 2 heterocycles. The number of hydrogen-bond donors (Lipinski definition) is 1. The minimum Gasteiger partial charge on any atom is -0.454 e. The number of nitrogens with zero attached hydrogens (tertiary/aromatic N) is 2. The van der Waals surface area contributed by atoms with Gasteiger partial charge in [0, 0.05) is 39.3 Å². The number of rotatable bonds is 7. The first-order valence-corrected chi connectivity index (χ1v) is 12.0. The van der Waals surface area contributed by atoms with Crippen LogP contribution in [-0.2, 0) is 11.3 Å². The van der Waals surface area contributed by atoms with Gasteiger partial charge in [0.2, 0.25) is 6.79 Å². The predicted octanol–water partition coefficient (Wildman–Crippen LogP) is 3.13. The van der Waals surface area contributed by atoms with Crippen LogP contribution in [0.4, 0.5) is 0 Å². The number of benzene rings is 1. The fourth-order valence-corrected chi connectivity index (χ4v) is 6.66. The lowest BCUT2D eigenvalue weighted by Gasteiger charge is -2.43. The molecule has 0 unspecified atom stereocenters. The van der Waals surface area contributed by atoms with Gasteiger partial charge in [-0.25, -0.2) is 0 Å². The number of piperazine rings is 1. The van der Waals surface area contributed by atoms with Crippen molar-refractivity contribution in [3.63, 3.8) is 0 Å². The Kier molecular flexibility index (Phi) is 5.70. The summed E-state index contributed by atoms with van der Waals surface area (Å²) in [7, 11) is 0. The second kappa shape index (κ2) is 8.22. The maximum atomic E-state index is 10.7. The fourth-order valence-electron chi connectivity index (χ4n) is 6.66. The van der Waals surface area contributed by atoms with Crippen molar-refractivity contribution < 1.29 is 19.3 Å². The summed E-state index contributed by atoms with van der Waals surface area (Å²) in [5.74, 6) is 2.47. The largest absolute Gasteiger partial charge is 0.454 e. The van der Waals surface area contributed by atoms with E-state index < -0.39 is 6.10 Å². The van der Waals surface area contributed by atoms with E-state index in [-0.39, 0.29) is 11.5 Å². The van der Waals surface area contributed by atoms with E-state index in [0.29, 0.717) is 25.4 Å². The third-order valence-electron chi connectivity index (χ3n) is 8.37. The molecule has 4 aliphatic rings. The summed E-state index contributed by atoms with van der Waals surface area (Å²) < 4.78 is 17.3. The van der Waals surface area contributed by atoms with Crippen LogP contribution in [0.1, 0.15) is 45.6 Å². The lowest BCUT2D eigenvalue weighted by molar-refractivity contribution is -0.114. The fraction of sp³-hybridized carbons (Fsp3) is 0.760. The first kappa shape index (κ1) is 21.5. The molecule has 0 spiro atoms. The molecule has 3 fully saturated rings. The van der Waals surface area contributed by atoms with Gasteiger partial charge in [-0.1, -0.05) is 26.8 Å². The molecule has 31 heavy (non-hydrogen) atoms. The molecule has 2 bridgehead atoms. The molecule has 0 aromatic heterocycles. The van der Waals surface area contributed by atoms with Crippen molar-refractivity contribution >= 4 is 0 Å². The number of fused-ring (bicyclic) bond motifs is 3. The molecule has 0 amide bonds. The van der Waals surface area contributed by atoms with E-state index in [0.717, 1.165) is 50.1 Å². The van der Waals surface area contributed by atoms with Gasteiger partial charge in [-0.15, -0.1) is 0 Å². The van der Waals surface area contributed by atoms with Crippen LogP contribution in [0.3, 0.4) is 0 Å². The Balaban J connectivity index is 1.05. The minimum absolute atomic E-state index is 0.229. The van der Waals surface area contributed by atoms with E-state index in [9.17, 15) is 5.11 Å². The van der Waals surface area contributed by atoms with Crippen LogP contribution in [-0.4, -0.2) is 73.2 Å². The standard InChI is InChI=1S/C25H38N2O4/c1-24(2)19-6-7-25(3,13-19)23(24)29-16-20(28)15-27-10-8-26(9-11-27)14-18-4-5-21-22(12-18)31-17-30-21/h4-5,12,19-20,23,28H,6-11,13-17H2,1-3H3/t19-,20-,23+,25+/m0/s1. The molecule has 5 rings (SSSR count). The predicted molar refractivity (Wildman–Crippen MR) is 119 cm³/mol. The van der Waals surface area contributed by atoms with Crippen molar-refractivity contribution in [1.29, 1.82) is 0 Å². The van der Waals surface area contributed by atoms with Gasteiger partial charge in [-0.3, -0.25) is 9.80 Å². The summed E-state index contributed by atoms with van der Waals surface area (Å²) >= 11 is 0. The quantitative estimate of drug-likeness (QED) is 0.717. The van der Waals surface area contributed by atoms with Crippen LogP contribution in [0.2, 0.25) is 0 Å². The van der Waals surface area contributed by atoms with E-state index in [2.05, 4.69) is 42.7 Å². The van der Waals surface area contributed by atoms with Crippen LogP contribution in [0.5, 0.6) is 11.5 Å². The lowest BCUT2D eigenvalue weighted by atomic mass is 9.70. The zero-order valence-corrected chi connectivity index (χ0v) is 19.3. The highest BCUT2D eigenvalue weighted by Gasteiger charge is 2.60. The molecule has 1 saturated heterocycles. The van der Waals surface area contributed by atoms with Gasteiger partial charge in [0.15, 0.2) is 11.5 Å². The third-order valence-corrected chi connectivity index (χ3v) is 8.37. The molecule has 2 aliphatic carbocycles. The van der Waals surface area contributed by atoms with Crippen LogP contribution in [0.25, 0.3) is 0 Å². The van der Waals surface area contributed by atoms with Crippen molar-refractivity contribution in [2.75, 3.05) is 46.1 Å². The average Bonchev–Trinajstić information content (AvgIpc) is 3.40. The van der Waals surface area contributed by atoms with Crippen molar-refractivity contribution in [2.45, 2.75) is 58.8 Å². The second-order valence-electron chi connectivity index (χ2n) is 11.0. The number of β-amino-alcohol motifs (C(OH)–C–C–N with tert-alkyl or cyclic N) is 1. The number of ether oxygens (including phenoxy) is 3. The van der Waals surface area contributed by atoms with Gasteiger partial charge in [0.25, 0.3) is 0 Å². The molecule has 1 N–H and O–H groups in total. The Morgan fingerprint density at radius 1 is 1.10 bits per heavy atom. The van der Waals surface area contributed by atoms with Crippen molar-refractivity contribution in [2.24, 2.45) is 16.7 Å². The summed E-state index contributed by atoms with van der Waals surface area (Å²) in [5, 5.41) is 10.7. The summed E-state index contributed by atoms with van der Waals surface area (Å²) in [5.41, 5.74) is 1.79. The van der Waals surface area contributed by atoms with E-state index in [1.54, 1.807) is 0 Å². The molecule has 6 heteroatoms. The highest BCUT2D eigenvalue weighted by molar-refractivity contribution is 5.44. The topological polar surface area (TPSA) is 54.4 Å². The number of aliphatic hydroxyl groups is 1. The van der Waals surface area contributed by atoms with Crippen LogP contribution < -0.4 is 9.47 Å². The van der Waals surface area contributed by atoms with Crippen LogP contribution in [0.15, 0.2) is 18.2 Å².